The molecule has 0 saturated heterocycles. The van der Waals surface area contributed by atoms with Crippen molar-refractivity contribution in [3.05, 3.63) is 66.0 Å². The first-order valence-electron chi connectivity index (χ1n) is 8.09. The highest BCUT2D eigenvalue weighted by atomic mass is 19.1. The van der Waals surface area contributed by atoms with E-state index in [9.17, 15) is 14.0 Å². The van der Waals surface area contributed by atoms with Crippen LogP contribution in [-0.4, -0.2) is 42.4 Å². The Hall–Kier alpha value is -3.22. The SMILES string of the molecule is O=C(COc1ccccc1F)OCC(=O)N1CCC(c2ccccc2)=N1. The van der Waals surface area contributed by atoms with Gasteiger partial charge in [-0.15, -0.1) is 0 Å². The van der Waals surface area contributed by atoms with Crippen LogP contribution in [0.3, 0.4) is 0 Å². The van der Waals surface area contributed by atoms with Gasteiger partial charge in [0.15, 0.2) is 24.8 Å². The van der Waals surface area contributed by atoms with E-state index >= 15 is 0 Å². The molecule has 134 valence electrons. The number of carbonyl (C=O) groups is 2. The highest BCUT2D eigenvalue weighted by molar-refractivity contribution is 6.02. The lowest BCUT2D eigenvalue weighted by Gasteiger charge is -2.12. The fourth-order valence-electron chi connectivity index (χ4n) is 2.43. The van der Waals surface area contributed by atoms with Crippen LogP contribution in [-0.2, 0) is 14.3 Å². The average Bonchev–Trinajstić information content (AvgIpc) is 3.16. The minimum absolute atomic E-state index is 0.0487. The Morgan fingerprint density at radius 1 is 1.04 bits per heavy atom. The number of ether oxygens (including phenoxy) is 2. The van der Waals surface area contributed by atoms with Crippen molar-refractivity contribution in [2.75, 3.05) is 19.8 Å². The van der Waals surface area contributed by atoms with Crippen LogP contribution in [0.4, 0.5) is 4.39 Å². The second kappa shape index (κ2) is 8.24. The molecule has 0 radical (unpaired) electrons. The van der Waals surface area contributed by atoms with Gasteiger partial charge >= 0.3 is 5.97 Å². The summed E-state index contributed by atoms with van der Waals surface area (Å²) in [6.45, 7) is -0.482. The van der Waals surface area contributed by atoms with Gasteiger partial charge in [-0.05, 0) is 17.7 Å². The summed E-state index contributed by atoms with van der Waals surface area (Å²) in [5.74, 6) is -1.80. The molecule has 1 aliphatic rings. The number of hydrogen-bond donors (Lipinski definition) is 0. The molecule has 6 nitrogen and oxygen atoms in total. The molecule has 0 atom stereocenters. The summed E-state index contributed by atoms with van der Waals surface area (Å²) in [5, 5.41) is 5.55. The first-order chi connectivity index (χ1) is 12.6. The summed E-state index contributed by atoms with van der Waals surface area (Å²) in [7, 11) is 0. The number of hydrogen-bond acceptors (Lipinski definition) is 5. The Bertz CT molecular complexity index is 823. The smallest absolute Gasteiger partial charge is 0.344 e. The lowest BCUT2D eigenvalue weighted by molar-refractivity contribution is -0.153. The van der Waals surface area contributed by atoms with Crippen molar-refractivity contribution in [1.29, 1.82) is 0 Å². The number of nitrogens with zero attached hydrogens (tertiary/aromatic N) is 2. The Morgan fingerprint density at radius 3 is 2.54 bits per heavy atom. The molecule has 0 N–H and O–H groups in total. The molecular weight excluding hydrogens is 339 g/mol. The van der Waals surface area contributed by atoms with Crippen molar-refractivity contribution in [2.45, 2.75) is 6.42 Å². The molecule has 1 amide bonds. The van der Waals surface area contributed by atoms with E-state index in [4.69, 9.17) is 9.47 Å². The van der Waals surface area contributed by atoms with Crippen molar-refractivity contribution in [2.24, 2.45) is 5.10 Å². The summed E-state index contributed by atoms with van der Waals surface area (Å²) in [6, 6.07) is 15.3. The zero-order valence-electron chi connectivity index (χ0n) is 13.9. The topological polar surface area (TPSA) is 68.2 Å². The Kier molecular flexibility index (Phi) is 5.58. The first kappa shape index (κ1) is 17.6. The maximum atomic E-state index is 13.4. The number of carbonyl (C=O) groups excluding carboxylic acids is 2. The van der Waals surface area contributed by atoms with Crippen LogP contribution in [0.1, 0.15) is 12.0 Å². The number of rotatable bonds is 6. The maximum Gasteiger partial charge on any atom is 0.344 e. The van der Waals surface area contributed by atoms with E-state index in [1.807, 2.05) is 30.3 Å². The Labute approximate surface area is 149 Å². The maximum absolute atomic E-state index is 13.4. The van der Waals surface area contributed by atoms with E-state index in [0.717, 1.165) is 11.3 Å². The fourth-order valence-corrected chi connectivity index (χ4v) is 2.43. The molecule has 0 saturated carbocycles. The van der Waals surface area contributed by atoms with Gasteiger partial charge in [-0.25, -0.2) is 14.2 Å². The molecule has 0 aliphatic carbocycles. The molecule has 26 heavy (non-hydrogen) atoms. The van der Waals surface area contributed by atoms with Crippen LogP contribution in [0.5, 0.6) is 5.75 Å². The van der Waals surface area contributed by atoms with Gasteiger partial charge in [-0.2, -0.15) is 5.10 Å². The second-order valence-electron chi connectivity index (χ2n) is 5.56. The quantitative estimate of drug-likeness (QED) is 0.746. The molecule has 0 spiro atoms. The van der Waals surface area contributed by atoms with Crippen molar-refractivity contribution in [3.63, 3.8) is 0 Å². The molecule has 1 aliphatic heterocycles. The van der Waals surface area contributed by atoms with Crippen LogP contribution >= 0.6 is 0 Å². The third-order valence-electron chi connectivity index (χ3n) is 3.74. The lowest BCUT2D eigenvalue weighted by Crippen LogP contribution is -2.29. The normalized spacial score (nSPS) is 13.3. The van der Waals surface area contributed by atoms with Crippen LogP contribution in [0, 0.1) is 5.82 Å². The van der Waals surface area contributed by atoms with E-state index in [2.05, 4.69) is 5.10 Å². The highest BCUT2D eigenvalue weighted by Crippen LogP contribution is 2.15. The predicted octanol–water partition coefficient (Wildman–Crippen LogP) is 2.38. The van der Waals surface area contributed by atoms with Gasteiger partial charge in [0, 0.05) is 6.42 Å². The number of amides is 1. The minimum Gasteiger partial charge on any atom is -0.479 e. The second-order valence-corrected chi connectivity index (χ2v) is 5.56. The van der Waals surface area contributed by atoms with E-state index in [1.165, 1.54) is 23.2 Å². The van der Waals surface area contributed by atoms with E-state index < -0.39 is 30.9 Å². The summed E-state index contributed by atoms with van der Waals surface area (Å²) in [4.78, 5) is 23.8. The standard InChI is InChI=1S/C19H17FN2O4/c20-15-8-4-5-9-17(15)25-13-19(24)26-12-18(23)22-11-10-16(21-22)14-6-2-1-3-7-14/h1-9H,10-13H2. The van der Waals surface area contributed by atoms with E-state index in [1.54, 1.807) is 6.07 Å². The molecule has 0 fully saturated rings. The van der Waals surface area contributed by atoms with Gasteiger partial charge in [0.05, 0.1) is 12.3 Å². The van der Waals surface area contributed by atoms with Gasteiger partial charge in [0.2, 0.25) is 0 Å². The van der Waals surface area contributed by atoms with Crippen molar-refractivity contribution >= 4 is 17.6 Å². The molecule has 3 rings (SSSR count). The number of esters is 1. The Morgan fingerprint density at radius 2 is 1.77 bits per heavy atom. The molecule has 1 heterocycles. The summed E-state index contributed by atoms with van der Waals surface area (Å²) in [5.41, 5.74) is 1.77. The highest BCUT2D eigenvalue weighted by Gasteiger charge is 2.22. The molecule has 0 unspecified atom stereocenters. The zero-order chi connectivity index (χ0) is 18.4. The summed E-state index contributed by atoms with van der Waals surface area (Å²) < 4.78 is 23.3. The predicted molar refractivity (Wildman–Crippen MR) is 92.2 cm³/mol. The van der Waals surface area contributed by atoms with E-state index in [-0.39, 0.29) is 5.75 Å². The third kappa shape index (κ3) is 4.44. The van der Waals surface area contributed by atoms with Gasteiger partial charge in [0.25, 0.3) is 5.91 Å². The van der Waals surface area contributed by atoms with Crippen LogP contribution < -0.4 is 4.74 Å². The lowest BCUT2D eigenvalue weighted by atomic mass is 10.1. The summed E-state index contributed by atoms with van der Waals surface area (Å²) in [6.07, 6.45) is 0.639. The van der Waals surface area contributed by atoms with Gasteiger partial charge in [-0.3, -0.25) is 4.79 Å². The van der Waals surface area contributed by atoms with E-state index in [0.29, 0.717) is 13.0 Å². The number of hydrazone groups is 1. The minimum atomic E-state index is -0.756. The largest absolute Gasteiger partial charge is 0.479 e. The van der Waals surface area contributed by atoms with Crippen LogP contribution in [0.15, 0.2) is 59.7 Å². The first-order valence-corrected chi connectivity index (χ1v) is 8.09. The number of benzene rings is 2. The molecule has 0 aromatic heterocycles. The van der Waals surface area contributed by atoms with Crippen molar-refractivity contribution < 1.29 is 23.5 Å². The average molecular weight is 356 g/mol. The molecule has 2 aromatic rings. The van der Waals surface area contributed by atoms with Crippen molar-refractivity contribution in [3.8, 4) is 5.75 Å². The van der Waals surface area contributed by atoms with Gasteiger partial charge < -0.3 is 9.47 Å². The fraction of sp³-hybridized carbons (Fsp3) is 0.211. The zero-order valence-corrected chi connectivity index (χ0v) is 13.9. The molecular formula is C19H17FN2O4. The van der Waals surface area contributed by atoms with Crippen LogP contribution in [0.25, 0.3) is 0 Å². The Balaban J connectivity index is 1.46. The van der Waals surface area contributed by atoms with Gasteiger partial charge in [-0.1, -0.05) is 42.5 Å². The monoisotopic (exact) mass is 356 g/mol. The number of halogens is 1. The molecule has 7 heteroatoms. The third-order valence-corrected chi connectivity index (χ3v) is 3.74. The number of para-hydroxylation sites is 1. The summed E-state index contributed by atoms with van der Waals surface area (Å²) >= 11 is 0. The van der Waals surface area contributed by atoms with Crippen molar-refractivity contribution in [1.82, 2.24) is 5.01 Å². The molecule has 2 aromatic carbocycles. The molecule has 0 bridgehead atoms. The van der Waals surface area contributed by atoms with Gasteiger partial charge in [0.1, 0.15) is 0 Å². The van der Waals surface area contributed by atoms with Crippen LogP contribution in [0.2, 0.25) is 0 Å².